The molecule has 0 saturated carbocycles. The number of anilines is 2. The number of hydrazone groups is 1. The van der Waals surface area contributed by atoms with Gasteiger partial charge in [-0.05, 0) is 17.7 Å². The van der Waals surface area contributed by atoms with Crippen LogP contribution in [0.4, 0.5) is 11.6 Å². The van der Waals surface area contributed by atoms with Gasteiger partial charge in [0.25, 0.3) is 5.56 Å². The second-order valence-corrected chi connectivity index (χ2v) is 4.04. The Morgan fingerprint density at radius 1 is 1.32 bits per heavy atom. The molecule has 2 rings (SSSR count). The van der Waals surface area contributed by atoms with Crippen LogP contribution >= 0.6 is 0 Å². The lowest BCUT2D eigenvalue weighted by Gasteiger charge is -2.11. The first-order chi connectivity index (χ1) is 9.15. The van der Waals surface area contributed by atoms with Gasteiger partial charge >= 0.3 is 0 Å². The average Bonchev–Trinajstić information content (AvgIpc) is 2.39. The number of nitrogens with zero attached hydrogens (tertiary/aromatic N) is 4. The van der Waals surface area contributed by atoms with Crippen LogP contribution in [0.1, 0.15) is 5.56 Å². The number of hydrogen-bond acceptors (Lipinski definition) is 6. The molecular formula is C12H14N6O. The van der Waals surface area contributed by atoms with E-state index in [4.69, 9.17) is 0 Å². The zero-order valence-electron chi connectivity index (χ0n) is 10.7. The first-order valence-corrected chi connectivity index (χ1v) is 5.63. The number of aromatic amines is 1. The van der Waals surface area contributed by atoms with Crippen molar-refractivity contribution in [1.82, 2.24) is 15.2 Å². The second-order valence-electron chi connectivity index (χ2n) is 4.04. The van der Waals surface area contributed by atoms with Crippen LogP contribution in [-0.4, -0.2) is 35.5 Å². The van der Waals surface area contributed by atoms with Gasteiger partial charge < -0.3 is 4.90 Å². The van der Waals surface area contributed by atoms with Crippen molar-refractivity contribution in [2.75, 3.05) is 24.4 Å². The monoisotopic (exact) mass is 258 g/mol. The summed E-state index contributed by atoms with van der Waals surface area (Å²) >= 11 is 0. The van der Waals surface area contributed by atoms with Gasteiger partial charge in [0.05, 0.1) is 6.21 Å². The van der Waals surface area contributed by atoms with Crippen molar-refractivity contribution in [2.24, 2.45) is 5.10 Å². The molecule has 0 bridgehead atoms. The molecule has 0 unspecified atom stereocenters. The molecule has 7 nitrogen and oxygen atoms in total. The largest absolute Gasteiger partial charge is 0.378 e. The number of rotatable bonds is 4. The average molecular weight is 258 g/mol. The van der Waals surface area contributed by atoms with E-state index in [0.717, 1.165) is 17.4 Å². The highest BCUT2D eigenvalue weighted by Crippen LogP contribution is 2.10. The number of aromatic nitrogens is 3. The molecule has 0 aliphatic rings. The Bertz CT molecular complexity index is 617. The molecule has 1 aromatic heterocycles. The van der Waals surface area contributed by atoms with Crippen molar-refractivity contribution in [1.29, 1.82) is 0 Å². The molecule has 0 fully saturated rings. The van der Waals surface area contributed by atoms with Crippen molar-refractivity contribution in [3.05, 3.63) is 46.4 Å². The molecule has 1 aromatic carbocycles. The summed E-state index contributed by atoms with van der Waals surface area (Å²) in [7, 11) is 3.96. The summed E-state index contributed by atoms with van der Waals surface area (Å²) in [6, 6.07) is 7.87. The van der Waals surface area contributed by atoms with Gasteiger partial charge in [0.1, 0.15) is 6.20 Å². The Balaban J connectivity index is 2.01. The van der Waals surface area contributed by atoms with E-state index in [1.165, 1.54) is 0 Å². The topological polar surface area (TPSA) is 86.3 Å². The predicted octanol–water partition coefficient (Wildman–Crippen LogP) is 0.677. The lowest BCUT2D eigenvalue weighted by molar-refractivity contribution is 0.939. The SMILES string of the molecule is CN(C)c1ccc(/C=N\Nc2nncc(=O)[nH]2)cc1. The van der Waals surface area contributed by atoms with Crippen molar-refractivity contribution < 1.29 is 0 Å². The van der Waals surface area contributed by atoms with E-state index in [-0.39, 0.29) is 11.5 Å². The fourth-order valence-electron chi connectivity index (χ4n) is 1.39. The van der Waals surface area contributed by atoms with Gasteiger partial charge in [-0.2, -0.15) is 5.10 Å². The molecule has 0 radical (unpaired) electrons. The normalized spacial score (nSPS) is 10.6. The van der Waals surface area contributed by atoms with Crippen LogP contribution in [-0.2, 0) is 0 Å². The van der Waals surface area contributed by atoms with Crippen LogP contribution in [0.2, 0.25) is 0 Å². The number of H-pyrrole nitrogens is 1. The Morgan fingerprint density at radius 3 is 2.68 bits per heavy atom. The van der Waals surface area contributed by atoms with Crippen LogP contribution in [0.15, 0.2) is 40.4 Å². The lowest BCUT2D eigenvalue weighted by Crippen LogP contribution is -2.10. The van der Waals surface area contributed by atoms with Crippen LogP contribution in [0.5, 0.6) is 0 Å². The highest BCUT2D eigenvalue weighted by Gasteiger charge is 1.95. The van der Waals surface area contributed by atoms with Gasteiger partial charge in [0, 0.05) is 19.8 Å². The highest BCUT2D eigenvalue weighted by atomic mass is 16.1. The van der Waals surface area contributed by atoms with Gasteiger partial charge in [0.2, 0.25) is 5.95 Å². The van der Waals surface area contributed by atoms with Gasteiger partial charge in [-0.15, -0.1) is 10.2 Å². The Kier molecular flexibility index (Phi) is 3.87. The summed E-state index contributed by atoms with van der Waals surface area (Å²) < 4.78 is 0. The molecule has 0 aliphatic carbocycles. The standard InChI is InChI=1S/C12H14N6O/c1-18(2)10-5-3-9(4-6-10)7-13-16-12-15-11(19)8-14-17-12/h3-8H,1-2H3,(H2,15,16,17,19)/b13-7-. The maximum Gasteiger partial charge on any atom is 0.271 e. The van der Waals surface area contributed by atoms with Gasteiger partial charge in [-0.3, -0.25) is 9.78 Å². The molecule has 98 valence electrons. The van der Waals surface area contributed by atoms with Gasteiger partial charge in [0.15, 0.2) is 0 Å². The van der Waals surface area contributed by atoms with Crippen molar-refractivity contribution in [2.45, 2.75) is 0 Å². The minimum Gasteiger partial charge on any atom is -0.378 e. The number of hydrogen-bond donors (Lipinski definition) is 2. The molecule has 1 heterocycles. The van der Waals surface area contributed by atoms with Crippen LogP contribution in [0.3, 0.4) is 0 Å². The zero-order valence-corrected chi connectivity index (χ0v) is 10.7. The number of nitrogens with one attached hydrogen (secondary N) is 2. The minimum atomic E-state index is -0.331. The minimum absolute atomic E-state index is 0.202. The maximum atomic E-state index is 11.0. The molecule has 7 heteroatoms. The zero-order chi connectivity index (χ0) is 13.7. The van der Waals surface area contributed by atoms with Crippen molar-refractivity contribution >= 4 is 17.9 Å². The summed E-state index contributed by atoms with van der Waals surface area (Å²) in [6.07, 6.45) is 2.72. The Labute approximate surface area is 110 Å². The van der Waals surface area contributed by atoms with E-state index in [9.17, 15) is 4.79 Å². The maximum absolute atomic E-state index is 11.0. The third kappa shape index (κ3) is 3.63. The molecular weight excluding hydrogens is 244 g/mol. The van der Waals surface area contributed by atoms with Crippen molar-refractivity contribution in [3.63, 3.8) is 0 Å². The van der Waals surface area contributed by atoms with E-state index < -0.39 is 0 Å². The number of benzene rings is 1. The molecule has 0 aliphatic heterocycles. The molecule has 0 amide bonds. The van der Waals surface area contributed by atoms with Crippen molar-refractivity contribution in [3.8, 4) is 0 Å². The molecule has 2 N–H and O–H groups in total. The quantitative estimate of drug-likeness (QED) is 0.622. The fraction of sp³-hybridized carbons (Fsp3) is 0.167. The van der Waals surface area contributed by atoms with E-state index in [0.29, 0.717) is 0 Å². The summed E-state index contributed by atoms with van der Waals surface area (Å²) in [5.41, 5.74) is 4.32. The fourth-order valence-corrected chi connectivity index (χ4v) is 1.39. The third-order valence-electron chi connectivity index (χ3n) is 2.37. The smallest absolute Gasteiger partial charge is 0.271 e. The van der Waals surface area contributed by atoms with E-state index in [2.05, 4.69) is 25.7 Å². The highest BCUT2D eigenvalue weighted by molar-refractivity contribution is 5.80. The Hall–Kier alpha value is -2.70. The molecule has 2 aromatic rings. The predicted molar refractivity (Wildman–Crippen MR) is 74.6 cm³/mol. The molecule has 19 heavy (non-hydrogen) atoms. The Morgan fingerprint density at radius 2 is 2.05 bits per heavy atom. The van der Waals surface area contributed by atoms with E-state index in [1.54, 1.807) is 6.21 Å². The molecule has 0 saturated heterocycles. The van der Waals surface area contributed by atoms with Gasteiger partial charge in [-0.25, -0.2) is 5.43 Å². The molecule has 0 spiro atoms. The summed E-state index contributed by atoms with van der Waals surface area (Å²) in [6.45, 7) is 0. The summed E-state index contributed by atoms with van der Waals surface area (Å²) in [4.78, 5) is 15.4. The second kappa shape index (κ2) is 5.76. The van der Waals surface area contributed by atoms with E-state index >= 15 is 0 Å². The first-order valence-electron chi connectivity index (χ1n) is 5.63. The summed E-state index contributed by atoms with van der Waals surface area (Å²) in [5.74, 6) is 0.202. The molecule has 0 atom stereocenters. The van der Waals surface area contributed by atoms with E-state index in [1.807, 2.05) is 43.3 Å². The third-order valence-corrected chi connectivity index (χ3v) is 2.37. The lowest BCUT2D eigenvalue weighted by atomic mass is 10.2. The first kappa shape index (κ1) is 12.7. The summed E-state index contributed by atoms with van der Waals surface area (Å²) in [5, 5.41) is 11.1. The van der Waals surface area contributed by atoms with Crippen LogP contribution in [0.25, 0.3) is 0 Å². The van der Waals surface area contributed by atoms with Gasteiger partial charge in [-0.1, -0.05) is 12.1 Å². The van der Waals surface area contributed by atoms with Crippen LogP contribution in [0, 0.1) is 0 Å². The van der Waals surface area contributed by atoms with Crippen LogP contribution < -0.4 is 15.9 Å².